The zero-order valence-corrected chi connectivity index (χ0v) is 20.8. The van der Waals surface area contributed by atoms with Crippen molar-refractivity contribution in [1.82, 2.24) is 25.0 Å². The van der Waals surface area contributed by atoms with Gasteiger partial charge < -0.3 is 19.5 Å². The molecule has 1 aromatic heterocycles. The van der Waals surface area contributed by atoms with Gasteiger partial charge in [-0.15, -0.1) is 10.2 Å². The number of benzene rings is 2. The molecule has 7 nitrogen and oxygen atoms in total. The van der Waals surface area contributed by atoms with Gasteiger partial charge in [0.1, 0.15) is 5.82 Å². The average molecular weight is 524 g/mol. The van der Waals surface area contributed by atoms with E-state index in [1.165, 1.54) is 0 Å². The second-order valence-corrected chi connectivity index (χ2v) is 9.90. The molecule has 0 saturated carbocycles. The molecule has 2 aromatic carbocycles. The molecule has 2 fully saturated rings. The predicted octanol–water partition coefficient (Wildman–Crippen LogP) is 4.33. The van der Waals surface area contributed by atoms with Gasteiger partial charge in [0.25, 0.3) is 5.91 Å². The summed E-state index contributed by atoms with van der Waals surface area (Å²) >= 11 is 3.51. The number of hydrogen-bond acceptors (Lipinski definition) is 5. The number of nitrogens with zero attached hydrogens (tertiary/aromatic N) is 4. The second-order valence-electron chi connectivity index (χ2n) is 8.99. The molecule has 2 saturated heterocycles. The summed E-state index contributed by atoms with van der Waals surface area (Å²) in [4.78, 5) is 15.7. The summed E-state index contributed by atoms with van der Waals surface area (Å²) in [5.74, 6) is 1.15. The van der Waals surface area contributed by atoms with Gasteiger partial charge in [0.15, 0.2) is 0 Å². The molecule has 3 heterocycles. The van der Waals surface area contributed by atoms with Crippen LogP contribution in [0.5, 0.6) is 0 Å². The number of hydrogen-bond donors (Lipinski definition) is 1. The van der Waals surface area contributed by atoms with Crippen LogP contribution in [0.15, 0.2) is 59.1 Å². The fourth-order valence-electron chi connectivity index (χ4n) is 4.86. The van der Waals surface area contributed by atoms with Crippen LogP contribution >= 0.6 is 15.9 Å². The Kier molecular flexibility index (Phi) is 7.37. The normalized spacial score (nSPS) is 19.0. The highest BCUT2D eigenvalue weighted by molar-refractivity contribution is 9.10. The summed E-state index contributed by atoms with van der Waals surface area (Å²) in [6.45, 7) is 3.44. The van der Waals surface area contributed by atoms with E-state index in [4.69, 9.17) is 4.74 Å². The van der Waals surface area contributed by atoms with E-state index in [9.17, 15) is 4.79 Å². The lowest BCUT2D eigenvalue weighted by molar-refractivity contribution is 0.0717. The Morgan fingerprint density at radius 3 is 2.56 bits per heavy atom. The lowest BCUT2D eigenvalue weighted by atomic mass is 10.0. The van der Waals surface area contributed by atoms with Crippen LogP contribution in [0, 0.1) is 0 Å². The van der Waals surface area contributed by atoms with Gasteiger partial charge in [-0.2, -0.15) is 0 Å². The van der Waals surface area contributed by atoms with E-state index in [0.29, 0.717) is 25.0 Å². The molecular formula is C26H30BrN5O2. The minimum Gasteiger partial charge on any atom is -0.381 e. The maximum Gasteiger partial charge on any atom is 0.292 e. The Morgan fingerprint density at radius 2 is 1.79 bits per heavy atom. The van der Waals surface area contributed by atoms with Crippen molar-refractivity contribution < 1.29 is 9.53 Å². The van der Waals surface area contributed by atoms with Crippen LogP contribution in [0.1, 0.15) is 59.3 Å². The third kappa shape index (κ3) is 5.24. The zero-order valence-electron chi connectivity index (χ0n) is 19.2. The first-order valence-corrected chi connectivity index (χ1v) is 12.8. The van der Waals surface area contributed by atoms with Gasteiger partial charge in [0.05, 0.1) is 19.1 Å². The Balaban J connectivity index is 1.40. The van der Waals surface area contributed by atoms with Gasteiger partial charge in [0, 0.05) is 30.3 Å². The summed E-state index contributed by atoms with van der Waals surface area (Å²) in [6.07, 6.45) is 3.92. The van der Waals surface area contributed by atoms with Gasteiger partial charge in [-0.05, 0) is 48.9 Å². The zero-order chi connectivity index (χ0) is 23.3. The van der Waals surface area contributed by atoms with E-state index < -0.39 is 0 Å². The Morgan fingerprint density at radius 1 is 1.03 bits per heavy atom. The molecule has 0 radical (unpaired) electrons. The fraction of sp³-hybridized carbons (Fsp3) is 0.423. The Labute approximate surface area is 208 Å². The van der Waals surface area contributed by atoms with Crippen LogP contribution in [0.4, 0.5) is 0 Å². The smallest absolute Gasteiger partial charge is 0.292 e. The number of carbonyl (C=O) groups excluding carboxylic acids is 1. The molecule has 3 aromatic rings. The topological polar surface area (TPSA) is 72.3 Å². The molecule has 1 amide bonds. The molecule has 1 atom stereocenters. The van der Waals surface area contributed by atoms with Crippen molar-refractivity contribution >= 4 is 21.8 Å². The van der Waals surface area contributed by atoms with Crippen molar-refractivity contribution in [2.75, 3.05) is 19.8 Å². The van der Waals surface area contributed by atoms with E-state index in [1.54, 1.807) is 0 Å². The minimum absolute atomic E-state index is 0.0498. The van der Waals surface area contributed by atoms with Gasteiger partial charge in [-0.3, -0.25) is 4.79 Å². The molecule has 0 unspecified atom stereocenters. The minimum atomic E-state index is -0.0498. The first kappa shape index (κ1) is 23.2. The van der Waals surface area contributed by atoms with Gasteiger partial charge in [-0.1, -0.05) is 58.4 Å². The SMILES string of the molecule is O=C(c1nnc(CNC2CCOCC2)n1Cc1ccccc1)N1CCC[C@@H]1c1ccc(Br)cc1. The maximum absolute atomic E-state index is 13.8. The van der Waals surface area contributed by atoms with Crippen LogP contribution in [-0.2, 0) is 17.8 Å². The summed E-state index contributed by atoms with van der Waals surface area (Å²) in [5.41, 5.74) is 2.28. The highest BCUT2D eigenvalue weighted by Crippen LogP contribution is 2.33. The fourth-order valence-corrected chi connectivity index (χ4v) is 5.13. The summed E-state index contributed by atoms with van der Waals surface area (Å²) in [5, 5.41) is 12.5. The first-order valence-electron chi connectivity index (χ1n) is 12.0. The Hall–Kier alpha value is -2.55. The Bertz CT molecular complexity index is 1100. The summed E-state index contributed by atoms with van der Waals surface area (Å²) in [6, 6.07) is 18.9. The third-order valence-electron chi connectivity index (χ3n) is 6.74. The molecule has 0 spiro atoms. The quantitative estimate of drug-likeness (QED) is 0.498. The number of halogens is 1. The maximum atomic E-state index is 13.8. The van der Waals surface area contributed by atoms with Crippen LogP contribution in [0.25, 0.3) is 0 Å². The molecule has 0 bridgehead atoms. The monoisotopic (exact) mass is 523 g/mol. The lowest BCUT2D eigenvalue weighted by Crippen LogP contribution is -2.35. The van der Waals surface area contributed by atoms with Crippen molar-refractivity contribution in [3.05, 3.63) is 81.8 Å². The number of ether oxygens (including phenoxy) is 1. The molecular weight excluding hydrogens is 494 g/mol. The van der Waals surface area contributed by atoms with E-state index in [-0.39, 0.29) is 11.9 Å². The highest BCUT2D eigenvalue weighted by atomic mass is 79.9. The van der Waals surface area contributed by atoms with Crippen molar-refractivity contribution in [3.63, 3.8) is 0 Å². The molecule has 2 aliphatic heterocycles. The summed E-state index contributed by atoms with van der Waals surface area (Å²) in [7, 11) is 0. The van der Waals surface area contributed by atoms with E-state index >= 15 is 0 Å². The van der Waals surface area contributed by atoms with Crippen molar-refractivity contribution in [3.8, 4) is 0 Å². The largest absolute Gasteiger partial charge is 0.381 e. The van der Waals surface area contributed by atoms with Crippen molar-refractivity contribution in [1.29, 1.82) is 0 Å². The van der Waals surface area contributed by atoms with E-state index in [0.717, 1.165) is 66.9 Å². The van der Waals surface area contributed by atoms with Crippen molar-refractivity contribution in [2.24, 2.45) is 0 Å². The molecule has 0 aliphatic carbocycles. The number of carbonyl (C=O) groups is 1. The molecule has 8 heteroatoms. The molecule has 178 valence electrons. The van der Waals surface area contributed by atoms with E-state index in [1.807, 2.05) is 39.8 Å². The molecule has 2 aliphatic rings. The third-order valence-corrected chi connectivity index (χ3v) is 7.27. The van der Waals surface area contributed by atoms with Crippen molar-refractivity contribution in [2.45, 2.75) is 50.9 Å². The first-order chi connectivity index (χ1) is 16.7. The number of rotatable bonds is 7. The predicted molar refractivity (Wildman–Crippen MR) is 133 cm³/mol. The summed E-state index contributed by atoms with van der Waals surface area (Å²) < 4.78 is 8.50. The van der Waals surface area contributed by atoms with Crippen LogP contribution in [0.3, 0.4) is 0 Å². The van der Waals surface area contributed by atoms with E-state index in [2.05, 4.69) is 55.7 Å². The lowest BCUT2D eigenvalue weighted by Gasteiger charge is -2.25. The standard InChI is InChI=1S/C26H30BrN5O2/c27-21-10-8-20(9-11-21)23-7-4-14-31(23)26(33)25-30-29-24(17-28-22-12-15-34-16-13-22)32(25)18-19-5-2-1-3-6-19/h1-3,5-6,8-11,22-23,28H,4,7,12-18H2/t23-/m1/s1. The molecule has 1 N–H and O–H groups in total. The molecule has 5 rings (SSSR count). The van der Waals surface area contributed by atoms with Gasteiger partial charge in [-0.25, -0.2) is 0 Å². The second kappa shape index (κ2) is 10.8. The van der Waals surface area contributed by atoms with Gasteiger partial charge in [0.2, 0.25) is 5.82 Å². The number of amides is 1. The number of nitrogens with one attached hydrogen (secondary N) is 1. The van der Waals surface area contributed by atoms with Crippen LogP contribution < -0.4 is 5.32 Å². The van der Waals surface area contributed by atoms with Gasteiger partial charge >= 0.3 is 0 Å². The average Bonchev–Trinajstić information content (AvgIpc) is 3.52. The van der Waals surface area contributed by atoms with Crippen LogP contribution in [-0.4, -0.2) is 51.4 Å². The highest BCUT2D eigenvalue weighted by Gasteiger charge is 2.33. The number of aromatic nitrogens is 3. The molecule has 34 heavy (non-hydrogen) atoms. The van der Waals surface area contributed by atoms with Crippen LogP contribution in [0.2, 0.25) is 0 Å². The number of likely N-dealkylation sites (tertiary alicyclic amines) is 1.